The monoisotopic (exact) mass is 398 g/mol. The Labute approximate surface area is 171 Å². The summed E-state index contributed by atoms with van der Waals surface area (Å²) in [7, 11) is 1.61. The number of hydrogen-bond acceptors (Lipinski definition) is 5. The highest BCUT2D eigenvalue weighted by molar-refractivity contribution is 8.00. The molecule has 0 aliphatic rings. The normalized spacial score (nSPS) is 11.6. The van der Waals surface area contributed by atoms with Crippen molar-refractivity contribution in [2.24, 2.45) is 5.92 Å². The number of methoxy groups -OCH3 is 1. The van der Waals surface area contributed by atoms with E-state index in [0.29, 0.717) is 35.3 Å². The van der Waals surface area contributed by atoms with E-state index in [1.165, 1.54) is 11.8 Å². The Kier molecular flexibility index (Phi) is 8.21. The molecule has 5 nitrogen and oxygen atoms in total. The van der Waals surface area contributed by atoms with Crippen LogP contribution < -0.4 is 14.8 Å². The van der Waals surface area contributed by atoms with E-state index in [0.717, 1.165) is 10.5 Å². The number of carbonyl (C=O) groups is 1. The smallest absolute Gasteiger partial charge is 0.230 e. The molecule has 0 fully saturated rings. The Balaban J connectivity index is 1.92. The van der Waals surface area contributed by atoms with Crippen molar-refractivity contribution in [1.29, 1.82) is 5.26 Å². The third-order valence-electron chi connectivity index (χ3n) is 3.99. The van der Waals surface area contributed by atoms with Gasteiger partial charge in [-0.2, -0.15) is 5.26 Å². The molecule has 1 amide bonds. The third kappa shape index (κ3) is 6.50. The van der Waals surface area contributed by atoms with Gasteiger partial charge in [-0.15, -0.1) is 11.8 Å². The van der Waals surface area contributed by atoms with Crippen molar-refractivity contribution in [1.82, 2.24) is 5.32 Å². The first kappa shape index (κ1) is 21.6. The fourth-order valence-corrected chi connectivity index (χ4v) is 3.18. The van der Waals surface area contributed by atoms with Crippen LogP contribution >= 0.6 is 11.8 Å². The van der Waals surface area contributed by atoms with Crippen molar-refractivity contribution in [3.63, 3.8) is 0 Å². The molecule has 0 radical (unpaired) electrons. The van der Waals surface area contributed by atoms with Gasteiger partial charge in [-0.05, 0) is 54.8 Å². The SMILES string of the molecule is COc1cc(C(C)NC(=O)CSc2ccc(C#N)cc2)ccc1OCC(C)C. The van der Waals surface area contributed by atoms with Gasteiger partial charge in [-0.1, -0.05) is 19.9 Å². The van der Waals surface area contributed by atoms with Gasteiger partial charge in [0, 0.05) is 4.90 Å². The van der Waals surface area contributed by atoms with Crippen molar-refractivity contribution in [3.8, 4) is 17.6 Å². The van der Waals surface area contributed by atoms with E-state index in [-0.39, 0.29) is 11.9 Å². The average molecular weight is 399 g/mol. The molecule has 1 N–H and O–H groups in total. The van der Waals surface area contributed by atoms with Gasteiger partial charge in [-0.25, -0.2) is 0 Å². The number of nitriles is 1. The van der Waals surface area contributed by atoms with E-state index in [4.69, 9.17) is 14.7 Å². The van der Waals surface area contributed by atoms with Crippen LogP contribution in [-0.4, -0.2) is 25.4 Å². The summed E-state index contributed by atoms with van der Waals surface area (Å²) < 4.78 is 11.2. The molecule has 0 spiro atoms. The average Bonchev–Trinajstić information content (AvgIpc) is 2.70. The van der Waals surface area contributed by atoms with E-state index in [1.807, 2.05) is 37.3 Å². The topological polar surface area (TPSA) is 71.3 Å². The van der Waals surface area contributed by atoms with Crippen molar-refractivity contribution in [2.75, 3.05) is 19.5 Å². The Bertz CT molecular complexity index is 829. The molecule has 0 saturated heterocycles. The van der Waals surface area contributed by atoms with Gasteiger partial charge in [0.05, 0.1) is 37.1 Å². The molecule has 0 aliphatic carbocycles. The zero-order valence-corrected chi connectivity index (χ0v) is 17.5. The molecule has 1 unspecified atom stereocenters. The summed E-state index contributed by atoms with van der Waals surface area (Å²) in [4.78, 5) is 13.2. The third-order valence-corrected chi connectivity index (χ3v) is 5.00. The highest BCUT2D eigenvalue weighted by atomic mass is 32.2. The van der Waals surface area contributed by atoms with Gasteiger partial charge < -0.3 is 14.8 Å². The minimum absolute atomic E-state index is 0.0547. The Morgan fingerprint density at radius 3 is 2.46 bits per heavy atom. The summed E-state index contributed by atoms with van der Waals surface area (Å²) in [5, 5.41) is 11.8. The quantitative estimate of drug-likeness (QED) is 0.627. The maximum Gasteiger partial charge on any atom is 0.230 e. The standard InChI is InChI=1S/C22H26N2O3S/c1-15(2)13-27-20-10-7-18(11-21(20)26-4)16(3)24-22(25)14-28-19-8-5-17(12-23)6-9-19/h5-11,15-16H,13-14H2,1-4H3,(H,24,25). The summed E-state index contributed by atoms with van der Waals surface area (Å²) in [6.45, 7) is 6.74. The number of ether oxygens (including phenoxy) is 2. The minimum atomic E-state index is -0.151. The van der Waals surface area contributed by atoms with Crippen LogP contribution in [0.5, 0.6) is 11.5 Å². The molecule has 2 aromatic carbocycles. The van der Waals surface area contributed by atoms with E-state index in [1.54, 1.807) is 19.2 Å². The van der Waals surface area contributed by atoms with Crippen LogP contribution in [0.3, 0.4) is 0 Å². The molecule has 0 aromatic heterocycles. The number of carbonyl (C=O) groups excluding carboxylic acids is 1. The predicted octanol–water partition coefficient (Wildman–Crippen LogP) is 4.57. The molecule has 2 rings (SSSR count). The maximum atomic E-state index is 12.3. The van der Waals surface area contributed by atoms with Crippen LogP contribution in [0.15, 0.2) is 47.4 Å². The highest BCUT2D eigenvalue weighted by Gasteiger charge is 2.14. The molecule has 6 heteroatoms. The molecule has 0 bridgehead atoms. The lowest BCUT2D eigenvalue weighted by Gasteiger charge is -2.17. The second-order valence-corrected chi connectivity index (χ2v) is 7.88. The van der Waals surface area contributed by atoms with Gasteiger partial charge in [-0.3, -0.25) is 4.79 Å². The Morgan fingerprint density at radius 1 is 1.14 bits per heavy atom. The lowest BCUT2D eigenvalue weighted by molar-refractivity contribution is -0.119. The zero-order valence-electron chi connectivity index (χ0n) is 16.7. The van der Waals surface area contributed by atoms with Crippen molar-refractivity contribution in [2.45, 2.75) is 31.7 Å². The summed E-state index contributed by atoms with van der Waals surface area (Å²) in [5.41, 5.74) is 1.56. The largest absolute Gasteiger partial charge is 0.493 e. The number of hydrogen-bond donors (Lipinski definition) is 1. The Hall–Kier alpha value is -2.65. The van der Waals surface area contributed by atoms with Crippen molar-refractivity contribution < 1.29 is 14.3 Å². The molecule has 0 saturated carbocycles. The molecule has 1 atom stereocenters. The van der Waals surface area contributed by atoms with Crippen LogP contribution in [0.25, 0.3) is 0 Å². The molecule has 0 aliphatic heterocycles. The number of benzene rings is 2. The van der Waals surface area contributed by atoms with Gasteiger partial charge >= 0.3 is 0 Å². The van der Waals surface area contributed by atoms with E-state index < -0.39 is 0 Å². The van der Waals surface area contributed by atoms with E-state index in [9.17, 15) is 4.79 Å². The maximum absolute atomic E-state index is 12.3. The van der Waals surface area contributed by atoms with Crippen LogP contribution in [0, 0.1) is 17.2 Å². The molecule has 148 valence electrons. The first-order valence-corrected chi connectivity index (χ1v) is 10.1. The fourth-order valence-electron chi connectivity index (χ4n) is 2.47. The first-order valence-electron chi connectivity index (χ1n) is 9.16. The second-order valence-electron chi connectivity index (χ2n) is 6.83. The molecule has 0 heterocycles. The molecular weight excluding hydrogens is 372 g/mol. The highest BCUT2D eigenvalue weighted by Crippen LogP contribution is 2.30. The zero-order chi connectivity index (χ0) is 20.5. The fraction of sp³-hybridized carbons (Fsp3) is 0.364. The van der Waals surface area contributed by atoms with Gasteiger partial charge in [0.25, 0.3) is 0 Å². The van der Waals surface area contributed by atoms with Crippen LogP contribution in [0.1, 0.15) is 37.9 Å². The number of thioether (sulfide) groups is 1. The summed E-state index contributed by atoms with van der Waals surface area (Å²) in [6.07, 6.45) is 0. The van der Waals surface area contributed by atoms with Gasteiger partial charge in [0.15, 0.2) is 11.5 Å². The number of amides is 1. The number of nitrogens with one attached hydrogen (secondary N) is 1. The predicted molar refractivity (Wildman–Crippen MR) is 112 cm³/mol. The number of nitrogens with zero attached hydrogens (tertiary/aromatic N) is 1. The molecule has 2 aromatic rings. The second kappa shape index (κ2) is 10.6. The number of rotatable bonds is 9. The van der Waals surface area contributed by atoms with Crippen LogP contribution in [0.4, 0.5) is 0 Å². The van der Waals surface area contributed by atoms with Gasteiger partial charge in [0.2, 0.25) is 5.91 Å². The Morgan fingerprint density at radius 2 is 1.86 bits per heavy atom. The van der Waals surface area contributed by atoms with Crippen LogP contribution in [-0.2, 0) is 4.79 Å². The van der Waals surface area contributed by atoms with Crippen LogP contribution in [0.2, 0.25) is 0 Å². The van der Waals surface area contributed by atoms with Crippen molar-refractivity contribution >= 4 is 17.7 Å². The van der Waals surface area contributed by atoms with E-state index in [2.05, 4.69) is 25.2 Å². The minimum Gasteiger partial charge on any atom is -0.493 e. The van der Waals surface area contributed by atoms with Crippen molar-refractivity contribution in [3.05, 3.63) is 53.6 Å². The summed E-state index contributed by atoms with van der Waals surface area (Å²) >= 11 is 1.44. The summed E-state index contributed by atoms with van der Waals surface area (Å²) in [6, 6.07) is 14.8. The lowest BCUT2D eigenvalue weighted by Crippen LogP contribution is -2.28. The molecule has 28 heavy (non-hydrogen) atoms. The van der Waals surface area contributed by atoms with E-state index >= 15 is 0 Å². The van der Waals surface area contributed by atoms with Gasteiger partial charge in [0.1, 0.15) is 0 Å². The molecular formula is C22H26N2O3S. The first-order chi connectivity index (χ1) is 13.4. The lowest BCUT2D eigenvalue weighted by atomic mass is 10.1. The summed E-state index contributed by atoms with van der Waals surface area (Å²) in [5.74, 6) is 2.04.